The van der Waals surface area contributed by atoms with Crippen molar-refractivity contribution in [2.75, 3.05) is 31.5 Å². The van der Waals surface area contributed by atoms with Crippen LogP contribution >= 0.6 is 34.8 Å². The second kappa shape index (κ2) is 12.1. The summed E-state index contributed by atoms with van der Waals surface area (Å²) < 4.78 is 0. The van der Waals surface area contributed by atoms with Crippen LogP contribution in [0.4, 0.5) is 10.5 Å². The number of likely N-dealkylation sites (tertiary alicyclic amines) is 1. The first-order chi connectivity index (χ1) is 17.9. The lowest BCUT2D eigenvalue weighted by Crippen LogP contribution is -2.40. The van der Waals surface area contributed by atoms with Crippen molar-refractivity contribution in [3.63, 3.8) is 0 Å². The molecule has 3 aromatic rings. The summed E-state index contributed by atoms with van der Waals surface area (Å²) in [7, 11) is 0. The second-order valence-corrected chi connectivity index (χ2v) is 11.6. The minimum absolute atomic E-state index is 0.227. The number of carbonyl (C=O) groups excluding carboxylic acids is 1. The van der Waals surface area contributed by atoms with Gasteiger partial charge in [-0.05, 0) is 97.6 Å². The molecule has 1 aliphatic heterocycles. The van der Waals surface area contributed by atoms with Crippen molar-refractivity contribution < 1.29 is 4.79 Å². The molecule has 7 heteroatoms. The van der Waals surface area contributed by atoms with Crippen molar-refractivity contribution in [2.24, 2.45) is 11.8 Å². The third kappa shape index (κ3) is 7.42. The fraction of sp³-hybridized carbons (Fsp3) is 0.367. The van der Waals surface area contributed by atoms with Crippen LogP contribution in [0.5, 0.6) is 0 Å². The van der Waals surface area contributed by atoms with Gasteiger partial charge < -0.3 is 15.5 Å². The SMILES string of the molecule is O=C(NCC(c1ccc(-c2cccc(Cl)c2)cc1)C1CCN(CC2CC2)CC1)Nc1cc(Cl)cc(Cl)c1. The molecule has 0 radical (unpaired) electrons. The Morgan fingerprint density at radius 1 is 0.838 bits per heavy atom. The number of rotatable bonds is 8. The van der Waals surface area contributed by atoms with Gasteiger partial charge in [0.05, 0.1) is 0 Å². The molecule has 2 N–H and O–H groups in total. The van der Waals surface area contributed by atoms with Gasteiger partial charge in [0.2, 0.25) is 0 Å². The molecular formula is C30H32Cl3N3O. The van der Waals surface area contributed by atoms with Crippen LogP contribution < -0.4 is 10.6 Å². The number of hydrogen-bond donors (Lipinski definition) is 2. The van der Waals surface area contributed by atoms with Crippen molar-refractivity contribution in [3.8, 4) is 11.1 Å². The lowest BCUT2D eigenvalue weighted by molar-refractivity contribution is 0.162. The third-order valence-electron chi connectivity index (χ3n) is 7.51. The predicted octanol–water partition coefficient (Wildman–Crippen LogP) is 8.34. The van der Waals surface area contributed by atoms with E-state index in [1.165, 1.54) is 24.9 Å². The summed E-state index contributed by atoms with van der Waals surface area (Å²) in [5, 5.41) is 7.67. The van der Waals surface area contributed by atoms with Crippen LogP contribution in [0.2, 0.25) is 15.1 Å². The highest BCUT2D eigenvalue weighted by Crippen LogP contribution is 2.36. The molecule has 1 heterocycles. The molecule has 0 aromatic heterocycles. The Labute approximate surface area is 234 Å². The molecule has 4 nitrogen and oxygen atoms in total. The van der Waals surface area contributed by atoms with Gasteiger partial charge in [-0.15, -0.1) is 0 Å². The van der Waals surface area contributed by atoms with Gasteiger partial charge in [0.1, 0.15) is 0 Å². The summed E-state index contributed by atoms with van der Waals surface area (Å²) >= 11 is 18.4. The molecule has 0 spiro atoms. The number of piperidine rings is 1. The van der Waals surface area contributed by atoms with Crippen LogP contribution in [0, 0.1) is 11.8 Å². The number of hydrogen-bond acceptors (Lipinski definition) is 2. The molecule has 2 amide bonds. The third-order valence-corrected chi connectivity index (χ3v) is 8.19. The van der Waals surface area contributed by atoms with Crippen molar-refractivity contribution in [1.29, 1.82) is 0 Å². The highest BCUT2D eigenvalue weighted by molar-refractivity contribution is 6.35. The van der Waals surface area contributed by atoms with Gasteiger partial charge in [-0.2, -0.15) is 0 Å². The topological polar surface area (TPSA) is 44.4 Å². The number of halogens is 3. The van der Waals surface area contributed by atoms with Crippen molar-refractivity contribution in [1.82, 2.24) is 10.2 Å². The number of nitrogens with one attached hydrogen (secondary N) is 2. The van der Waals surface area contributed by atoms with Gasteiger partial charge in [0.15, 0.2) is 0 Å². The van der Waals surface area contributed by atoms with E-state index in [0.29, 0.717) is 28.2 Å². The minimum atomic E-state index is -0.259. The zero-order chi connectivity index (χ0) is 25.8. The van der Waals surface area contributed by atoms with Crippen LogP contribution in [-0.4, -0.2) is 37.1 Å². The molecule has 1 saturated carbocycles. The monoisotopic (exact) mass is 555 g/mol. The van der Waals surface area contributed by atoms with Crippen LogP contribution in [0.25, 0.3) is 11.1 Å². The fourth-order valence-corrected chi connectivity index (χ4v) is 6.07. The average Bonchev–Trinajstić information content (AvgIpc) is 3.69. The van der Waals surface area contributed by atoms with Gasteiger partial charge in [-0.3, -0.25) is 0 Å². The van der Waals surface area contributed by atoms with Crippen LogP contribution in [0.1, 0.15) is 37.2 Å². The molecule has 5 rings (SSSR count). The standard InChI is InChI=1S/C30H32Cl3N3O/c31-25-3-1-2-24(14-25)21-6-8-22(9-7-21)29(23-10-12-36(13-11-23)19-20-4-5-20)18-34-30(37)35-28-16-26(32)15-27(33)17-28/h1-3,6-9,14-17,20,23,29H,4-5,10-13,18-19H2,(H2,34,35,37). The van der Waals surface area contributed by atoms with E-state index in [4.69, 9.17) is 34.8 Å². The van der Waals surface area contributed by atoms with Gasteiger partial charge in [-0.1, -0.05) is 71.2 Å². The van der Waals surface area contributed by atoms with E-state index < -0.39 is 0 Å². The largest absolute Gasteiger partial charge is 0.337 e. The number of urea groups is 1. The Kier molecular flexibility index (Phi) is 8.61. The Morgan fingerprint density at radius 3 is 2.19 bits per heavy atom. The number of anilines is 1. The zero-order valence-corrected chi connectivity index (χ0v) is 23.0. The molecule has 2 fully saturated rings. The van der Waals surface area contributed by atoms with Gasteiger partial charge in [0.25, 0.3) is 0 Å². The normalized spacial score (nSPS) is 17.4. The van der Waals surface area contributed by atoms with Gasteiger partial charge >= 0.3 is 6.03 Å². The summed E-state index contributed by atoms with van der Waals surface area (Å²) in [6.07, 6.45) is 5.05. The first-order valence-corrected chi connectivity index (χ1v) is 14.2. The van der Waals surface area contributed by atoms with Crippen molar-refractivity contribution in [3.05, 3.63) is 87.4 Å². The lowest BCUT2D eigenvalue weighted by atomic mass is 9.79. The maximum atomic E-state index is 12.8. The smallest absolute Gasteiger partial charge is 0.319 e. The van der Waals surface area contributed by atoms with E-state index in [1.54, 1.807) is 18.2 Å². The first-order valence-electron chi connectivity index (χ1n) is 13.0. The fourth-order valence-electron chi connectivity index (χ4n) is 5.35. The van der Waals surface area contributed by atoms with E-state index in [0.717, 1.165) is 48.0 Å². The number of amides is 2. The van der Waals surface area contributed by atoms with E-state index in [-0.39, 0.29) is 11.9 Å². The molecule has 2 aliphatic rings. The predicted molar refractivity (Wildman–Crippen MR) is 155 cm³/mol. The summed E-state index contributed by atoms with van der Waals surface area (Å²) in [6.45, 7) is 4.06. The first kappa shape index (κ1) is 26.4. The van der Waals surface area contributed by atoms with Crippen LogP contribution in [-0.2, 0) is 0 Å². The summed E-state index contributed by atoms with van der Waals surface area (Å²) in [5.41, 5.74) is 4.05. The summed E-state index contributed by atoms with van der Waals surface area (Å²) in [4.78, 5) is 15.4. The van der Waals surface area contributed by atoms with E-state index in [2.05, 4.69) is 45.9 Å². The Bertz CT molecular complexity index is 1200. The highest BCUT2D eigenvalue weighted by atomic mass is 35.5. The summed E-state index contributed by atoms with van der Waals surface area (Å²) in [5.74, 6) is 1.65. The van der Waals surface area contributed by atoms with Gasteiger partial charge in [-0.25, -0.2) is 4.79 Å². The number of carbonyl (C=O) groups is 1. The Balaban J connectivity index is 1.28. The molecule has 1 unspecified atom stereocenters. The van der Waals surface area contributed by atoms with Crippen LogP contribution in [0.3, 0.4) is 0 Å². The summed E-state index contributed by atoms with van der Waals surface area (Å²) in [6, 6.07) is 21.4. The lowest BCUT2D eigenvalue weighted by Gasteiger charge is -2.36. The number of benzene rings is 3. The van der Waals surface area contributed by atoms with Crippen LogP contribution in [0.15, 0.2) is 66.7 Å². The maximum Gasteiger partial charge on any atom is 0.319 e. The highest BCUT2D eigenvalue weighted by Gasteiger charge is 2.31. The molecular weight excluding hydrogens is 525 g/mol. The molecule has 0 bridgehead atoms. The van der Waals surface area contributed by atoms with E-state index >= 15 is 0 Å². The quantitative estimate of drug-likeness (QED) is 0.293. The maximum absolute atomic E-state index is 12.8. The molecule has 194 valence electrons. The molecule has 3 aromatic carbocycles. The molecule has 1 aliphatic carbocycles. The molecule has 37 heavy (non-hydrogen) atoms. The van der Waals surface area contributed by atoms with Crippen molar-refractivity contribution in [2.45, 2.75) is 31.6 Å². The molecule has 1 atom stereocenters. The zero-order valence-electron chi connectivity index (χ0n) is 20.7. The Hall–Kier alpha value is -2.24. The molecule has 1 saturated heterocycles. The number of nitrogens with zero attached hydrogens (tertiary/aromatic N) is 1. The van der Waals surface area contributed by atoms with E-state index in [1.807, 2.05) is 18.2 Å². The Morgan fingerprint density at radius 2 is 1.54 bits per heavy atom. The second-order valence-electron chi connectivity index (χ2n) is 10.3. The average molecular weight is 557 g/mol. The van der Waals surface area contributed by atoms with Crippen molar-refractivity contribution >= 4 is 46.5 Å². The van der Waals surface area contributed by atoms with E-state index in [9.17, 15) is 4.79 Å². The minimum Gasteiger partial charge on any atom is -0.337 e. The van der Waals surface area contributed by atoms with Gasteiger partial charge in [0, 0.05) is 39.8 Å².